The largest absolute Gasteiger partial charge is 0.508 e. The molecule has 0 amide bonds. The van der Waals surface area contributed by atoms with Crippen LogP contribution in [-0.4, -0.2) is 21.3 Å². The monoisotopic (exact) mass is 244 g/mol. The molecule has 3 rings (SSSR count). The molecule has 18 heavy (non-hydrogen) atoms. The van der Waals surface area contributed by atoms with E-state index in [1.165, 1.54) is 0 Å². The molecule has 1 aromatic heterocycles. The van der Waals surface area contributed by atoms with Crippen LogP contribution in [0.15, 0.2) is 29.3 Å². The molecule has 1 unspecified atom stereocenters. The summed E-state index contributed by atoms with van der Waals surface area (Å²) in [5.41, 5.74) is 13.2. The molecule has 7 heteroatoms. The Morgan fingerprint density at radius 1 is 1.17 bits per heavy atom. The molecule has 1 atom stereocenters. The minimum Gasteiger partial charge on any atom is -0.508 e. The highest BCUT2D eigenvalue weighted by molar-refractivity contribution is 5.95. The number of rotatable bonds is 1. The molecule has 1 aliphatic rings. The van der Waals surface area contributed by atoms with Gasteiger partial charge in [-0.2, -0.15) is 5.10 Å². The lowest BCUT2D eigenvalue weighted by Crippen LogP contribution is -2.28. The summed E-state index contributed by atoms with van der Waals surface area (Å²) in [6.45, 7) is 0. The number of nitrogens with two attached hydrogens (primary N) is 2. The lowest BCUT2D eigenvalue weighted by molar-refractivity contribution is 0.475. The quantitative estimate of drug-likeness (QED) is 0.500. The Kier molecular flexibility index (Phi) is 2.12. The highest BCUT2D eigenvalue weighted by atomic mass is 16.3. The van der Waals surface area contributed by atoms with Crippen molar-refractivity contribution in [2.75, 3.05) is 11.1 Å². The first-order valence-electron chi connectivity index (χ1n) is 5.38. The van der Waals surface area contributed by atoms with E-state index in [0.717, 1.165) is 11.1 Å². The average molecular weight is 244 g/mol. The zero-order valence-corrected chi connectivity index (χ0v) is 9.38. The van der Waals surface area contributed by atoms with E-state index in [2.05, 4.69) is 20.5 Å². The lowest BCUT2D eigenvalue weighted by Gasteiger charge is -2.20. The van der Waals surface area contributed by atoms with Gasteiger partial charge in [-0.15, -0.1) is 0 Å². The molecule has 1 aromatic carbocycles. The van der Waals surface area contributed by atoms with Crippen molar-refractivity contribution in [3.05, 3.63) is 35.4 Å². The Balaban J connectivity index is 2.12. The third-order valence-corrected chi connectivity index (χ3v) is 2.83. The number of aromatic hydroxyl groups is 1. The Morgan fingerprint density at radius 3 is 2.61 bits per heavy atom. The van der Waals surface area contributed by atoms with Gasteiger partial charge in [0.25, 0.3) is 0 Å². The van der Waals surface area contributed by atoms with Gasteiger partial charge >= 0.3 is 0 Å². The van der Waals surface area contributed by atoms with Gasteiger partial charge in [0.05, 0.1) is 5.56 Å². The topological polar surface area (TPSA) is 125 Å². The van der Waals surface area contributed by atoms with Gasteiger partial charge in [0.1, 0.15) is 17.6 Å². The van der Waals surface area contributed by atoms with E-state index in [4.69, 9.17) is 11.5 Å². The summed E-state index contributed by atoms with van der Waals surface area (Å²) < 4.78 is 0. The summed E-state index contributed by atoms with van der Waals surface area (Å²) in [6, 6.07) is 6.43. The molecular formula is C11H12N6O. The van der Waals surface area contributed by atoms with Crippen LogP contribution in [0.25, 0.3) is 0 Å². The van der Waals surface area contributed by atoms with E-state index in [0.29, 0.717) is 11.6 Å². The number of aliphatic imine (C=N–C) groups is 1. The molecule has 0 aliphatic carbocycles. The second kappa shape index (κ2) is 3.66. The number of nitrogen functional groups attached to an aromatic ring is 1. The minimum absolute atomic E-state index is 0.199. The van der Waals surface area contributed by atoms with Gasteiger partial charge in [0, 0.05) is 0 Å². The van der Waals surface area contributed by atoms with E-state index in [-0.39, 0.29) is 17.8 Å². The number of nitrogens with one attached hydrogen (secondary N) is 2. The third-order valence-electron chi connectivity index (χ3n) is 2.83. The predicted octanol–water partition coefficient (Wildman–Crippen LogP) is 0.527. The molecule has 7 N–H and O–H groups in total. The first-order chi connectivity index (χ1) is 8.65. The van der Waals surface area contributed by atoms with Crippen molar-refractivity contribution in [2.24, 2.45) is 10.7 Å². The number of aromatic amines is 1. The zero-order chi connectivity index (χ0) is 12.7. The van der Waals surface area contributed by atoms with Crippen LogP contribution >= 0.6 is 0 Å². The summed E-state index contributed by atoms with van der Waals surface area (Å²) in [5.74, 6) is 1.52. The molecule has 0 radical (unpaired) electrons. The predicted molar refractivity (Wildman–Crippen MR) is 68.2 cm³/mol. The number of H-pyrrole nitrogens is 1. The molecule has 0 saturated heterocycles. The maximum absolute atomic E-state index is 9.30. The third kappa shape index (κ3) is 1.53. The van der Waals surface area contributed by atoms with Crippen LogP contribution < -0.4 is 16.8 Å². The van der Waals surface area contributed by atoms with E-state index < -0.39 is 0 Å². The number of anilines is 2. The van der Waals surface area contributed by atoms with Crippen LogP contribution in [0, 0.1) is 0 Å². The molecule has 2 aromatic rings. The van der Waals surface area contributed by atoms with Crippen molar-refractivity contribution in [1.82, 2.24) is 10.2 Å². The van der Waals surface area contributed by atoms with Gasteiger partial charge in [-0.3, -0.25) is 5.10 Å². The summed E-state index contributed by atoms with van der Waals surface area (Å²) in [7, 11) is 0. The maximum Gasteiger partial charge on any atom is 0.195 e. The Bertz CT molecular complexity index is 615. The number of benzene rings is 1. The van der Waals surface area contributed by atoms with Crippen molar-refractivity contribution in [2.45, 2.75) is 6.04 Å². The summed E-state index contributed by atoms with van der Waals surface area (Å²) in [4.78, 5) is 4.32. The minimum atomic E-state index is -0.319. The van der Waals surface area contributed by atoms with Crippen molar-refractivity contribution in [3.63, 3.8) is 0 Å². The maximum atomic E-state index is 9.30. The van der Waals surface area contributed by atoms with Gasteiger partial charge in [0.2, 0.25) is 0 Å². The molecule has 2 heterocycles. The second-order valence-corrected chi connectivity index (χ2v) is 4.03. The van der Waals surface area contributed by atoms with Gasteiger partial charge in [-0.05, 0) is 17.7 Å². The normalized spacial score (nSPS) is 17.8. The fourth-order valence-electron chi connectivity index (χ4n) is 1.99. The zero-order valence-electron chi connectivity index (χ0n) is 9.38. The number of nitrogens with zero attached hydrogens (tertiary/aromatic N) is 2. The first-order valence-corrected chi connectivity index (χ1v) is 5.38. The number of fused-ring (bicyclic) bond motifs is 1. The summed E-state index contributed by atoms with van der Waals surface area (Å²) in [6.07, 6.45) is 0. The van der Waals surface area contributed by atoms with Crippen molar-refractivity contribution in [1.29, 1.82) is 0 Å². The number of guanidine groups is 1. The number of phenols is 1. The standard InChI is InChI=1S/C11H12N6O/c12-9-7-8(5-1-3-6(18)4-2-5)14-11(13)15-10(7)17-16-9/h1-4,8,18H,(H6,12,13,14,15,16,17). The number of hydrogen-bond donors (Lipinski definition) is 5. The Morgan fingerprint density at radius 2 is 1.89 bits per heavy atom. The highest BCUT2D eigenvalue weighted by Gasteiger charge is 2.27. The highest BCUT2D eigenvalue weighted by Crippen LogP contribution is 2.36. The number of phenolic OH excluding ortho intramolecular Hbond substituents is 1. The molecule has 0 spiro atoms. The van der Waals surface area contributed by atoms with Crippen LogP contribution in [-0.2, 0) is 0 Å². The second-order valence-electron chi connectivity index (χ2n) is 4.03. The van der Waals surface area contributed by atoms with Gasteiger partial charge < -0.3 is 21.9 Å². The number of aromatic nitrogens is 2. The van der Waals surface area contributed by atoms with Crippen molar-refractivity contribution in [3.8, 4) is 5.75 Å². The first kappa shape index (κ1) is 10.5. The number of hydrogen-bond acceptors (Lipinski definition) is 6. The smallest absolute Gasteiger partial charge is 0.195 e. The molecule has 7 nitrogen and oxygen atoms in total. The Labute approximate surface area is 103 Å². The van der Waals surface area contributed by atoms with E-state index in [1.54, 1.807) is 24.3 Å². The van der Waals surface area contributed by atoms with E-state index in [1.807, 2.05) is 0 Å². The van der Waals surface area contributed by atoms with Crippen molar-refractivity contribution < 1.29 is 5.11 Å². The van der Waals surface area contributed by atoms with Crippen LogP contribution in [0.3, 0.4) is 0 Å². The van der Waals surface area contributed by atoms with Crippen LogP contribution in [0.5, 0.6) is 5.75 Å². The summed E-state index contributed by atoms with van der Waals surface area (Å²) >= 11 is 0. The average Bonchev–Trinajstić information content (AvgIpc) is 2.71. The van der Waals surface area contributed by atoms with E-state index in [9.17, 15) is 5.11 Å². The fourth-order valence-corrected chi connectivity index (χ4v) is 1.99. The lowest BCUT2D eigenvalue weighted by atomic mass is 9.99. The Hall–Kier alpha value is -2.70. The molecule has 0 saturated carbocycles. The van der Waals surface area contributed by atoms with Crippen molar-refractivity contribution >= 4 is 17.6 Å². The van der Waals surface area contributed by atoms with Gasteiger partial charge in [-0.1, -0.05) is 12.1 Å². The fraction of sp³-hybridized carbons (Fsp3) is 0.0909. The SMILES string of the molecule is NC1=NC(c2ccc(O)cc2)c2c(n[nH]c2N)N1. The molecule has 1 aliphatic heterocycles. The van der Waals surface area contributed by atoms with Crippen LogP contribution in [0.4, 0.5) is 11.6 Å². The molecule has 0 bridgehead atoms. The van der Waals surface area contributed by atoms with Gasteiger partial charge in [-0.25, -0.2) is 4.99 Å². The molecule has 92 valence electrons. The van der Waals surface area contributed by atoms with E-state index >= 15 is 0 Å². The molecular weight excluding hydrogens is 232 g/mol. The van der Waals surface area contributed by atoms with Gasteiger partial charge in [0.15, 0.2) is 11.8 Å². The van der Waals surface area contributed by atoms with Crippen LogP contribution in [0.2, 0.25) is 0 Å². The summed E-state index contributed by atoms with van der Waals surface area (Å²) in [5, 5.41) is 18.9. The molecule has 0 fully saturated rings. The van der Waals surface area contributed by atoms with Crippen LogP contribution in [0.1, 0.15) is 17.2 Å².